The minimum Gasteiger partial charge on any atom is -0.506 e. The van der Waals surface area contributed by atoms with Crippen molar-refractivity contribution in [3.63, 3.8) is 0 Å². The van der Waals surface area contributed by atoms with E-state index >= 15 is 0 Å². The lowest BCUT2D eigenvalue weighted by molar-refractivity contribution is -0.112. The van der Waals surface area contributed by atoms with Crippen LogP contribution in [-0.4, -0.2) is 19.4 Å². The summed E-state index contributed by atoms with van der Waals surface area (Å²) in [5.41, 5.74) is 1.31. The number of nitrogens with one attached hydrogen (secondary N) is 1. The average molecular weight is 315 g/mol. The fourth-order valence-corrected chi connectivity index (χ4v) is 3.93. The predicted molar refractivity (Wildman–Crippen MR) is 83.7 cm³/mol. The monoisotopic (exact) mass is 315 g/mol. The third-order valence-electron chi connectivity index (χ3n) is 3.38. The van der Waals surface area contributed by atoms with Crippen LogP contribution in [0.1, 0.15) is 11.1 Å². The van der Waals surface area contributed by atoms with Crippen molar-refractivity contribution in [3.05, 3.63) is 70.6 Å². The summed E-state index contributed by atoms with van der Waals surface area (Å²) in [7, 11) is -3.89. The number of aliphatic hydroxyl groups excluding tert-OH is 1. The molecule has 0 radical (unpaired) electrons. The highest BCUT2D eigenvalue weighted by Gasteiger charge is 2.35. The van der Waals surface area contributed by atoms with Crippen LogP contribution in [0.5, 0.6) is 0 Å². The number of amides is 1. The van der Waals surface area contributed by atoms with Crippen molar-refractivity contribution in [1.29, 1.82) is 0 Å². The molecule has 2 aromatic carbocycles. The molecule has 3 rings (SSSR count). The zero-order chi connectivity index (χ0) is 15.7. The third kappa shape index (κ3) is 2.48. The second-order valence-corrected chi connectivity index (χ2v) is 6.84. The highest BCUT2D eigenvalue weighted by Crippen LogP contribution is 2.32. The Kier molecular flexibility index (Phi) is 3.46. The van der Waals surface area contributed by atoms with E-state index < -0.39 is 26.4 Å². The second kappa shape index (κ2) is 5.31. The molecule has 0 saturated heterocycles. The molecule has 0 aromatic heterocycles. The molecule has 0 fully saturated rings. The summed E-state index contributed by atoms with van der Waals surface area (Å²) in [6, 6.07) is 15.1. The molecule has 0 bridgehead atoms. The number of sulfone groups is 1. The first kappa shape index (κ1) is 14.3. The van der Waals surface area contributed by atoms with E-state index in [2.05, 4.69) is 5.32 Å². The summed E-state index contributed by atoms with van der Waals surface area (Å²) >= 11 is 0. The number of hydrogen-bond donors (Lipinski definition) is 2. The Bertz CT molecular complexity index is 870. The number of para-hydroxylation sites is 1. The van der Waals surface area contributed by atoms with Gasteiger partial charge in [0.1, 0.15) is 5.76 Å². The van der Waals surface area contributed by atoms with Gasteiger partial charge in [-0.25, -0.2) is 8.42 Å². The minimum absolute atomic E-state index is 0.301. The van der Waals surface area contributed by atoms with Gasteiger partial charge in [0.2, 0.25) is 0 Å². The number of carbonyl (C=O) groups excluding carboxylic acids is 1. The van der Waals surface area contributed by atoms with E-state index in [0.29, 0.717) is 16.8 Å². The summed E-state index contributed by atoms with van der Waals surface area (Å²) in [6.45, 7) is 0. The van der Waals surface area contributed by atoms with Gasteiger partial charge in [-0.1, -0.05) is 42.5 Å². The Labute approximate surface area is 127 Å². The molecular formula is C16H13NO4S. The molecule has 0 spiro atoms. The van der Waals surface area contributed by atoms with Crippen molar-refractivity contribution in [3.8, 4) is 0 Å². The van der Waals surface area contributed by atoms with Crippen LogP contribution < -0.4 is 5.32 Å². The van der Waals surface area contributed by atoms with Crippen LogP contribution in [0.3, 0.4) is 0 Å². The summed E-state index contributed by atoms with van der Waals surface area (Å²) in [6.07, 6.45) is 0. The van der Waals surface area contributed by atoms with E-state index in [4.69, 9.17) is 0 Å². The summed E-state index contributed by atoms with van der Waals surface area (Å²) < 4.78 is 24.6. The largest absolute Gasteiger partial charge is 0.506 e. The molecule has 1 aliphatic rings. The molecule has 0 unspecified atom stereocenters. The Morgan fingerprint density at radius 3 is 2.36 bits per heavy atom. The van der Waals surface area contributed by atoms with Crippen molar-refractivity contribution in [2.24, 2.45) is 0 Å². The first-order valence-electron chi connectivity index (χ1n) is 6.60. The molecule has 2 N–H and O–H groups in total. The SMILES string of the molecule is O=C(Nc1ccccc1)C1=C(O)c2ccccc2CS1(=O)=O. The van der Waals surface area contributed by atoms with Gasteiger partial charge in [-0.3, -0.25) is 4.79 Å². The first-order valence-corrected chi connectivity index (χ1v) is 8.25. The van der Waals surface area contributed by atoms with Gasteiger partial charge in [0.05, 0.1) is 5.75 Å². The number of anilines is 1. The molecule has 6 heteroatoms. The Morgan fingerprint density at radius 1 is 1.00 bits per heavy atom. The molecule has 2 aromatic rings. The molecule has 1 amide bonds. The van der Waals surface area contributed by atoms with Crippen LogP contribution in [0.4, 0.5) is 5.69 Å². The number of carbonyl (C=O) groups is 1. The lowest BCUT2D eigenvalue weighted by Crippen LogP contribution is -2.26. The number of aliphatic hydroxyl groups is 1. The van der Waals surface area contributed by atoms with Crippen LogP contribution in [0.15, 0.2) is 59.5 Å². The van der Waals surface area contributed by atoms with Crippen molar-refractivity contribution >= 4 is 27.2 Å². The van der Waals surface area contributed by atoms with Gasteiger partial charge in [-0.05, 0) is 17.7 Å². The van der Waals surface area contributed by atoms with E-state index in [1.165, 1.54) is 0 Å². The molecule has 0 saturated carbocycles. The zero-order valence-electron chi connectivity index (χ0n) is 11.5. The maximum atomic E-state index is 12.3. The lowest BCUT2D eigenvalue weighted by Gasteiger charge is -2.19. The Hall–Kier alpha value is -2.60. The predicted octanol–water partition coefficient (Wildman–Crippen LogP) is 2.48. The number of benzene rings is 2. The maximum absolute atomic E-state index is 12.3. The maximum Gasteiger partial charge on any atom is 0.271 e. The fraction of sp³-hybridized carbons (Fsp3) is 0.0625. The van der Waals surface area contributed by atoms with E-state index in [0.717, 1.165) is 0 Å². The van der Waals surface area contributed by atoms with Crippen molar-refractivity contribution in [1.82, 2.24) is 0 Å². The molecular weight excluding hydrogens is 302 g/mol. The quantitative estimate of drug-likeness (QED) is 0.892. The zero-order valence-corrected chi connectivity index (χ0v) is 12.3. The van der Waals surface area contributed by atoms with Gasteiger partial charge >= 0.3 is 0 Å². The topological polar surface area (TPSA) is 83.5 Å². The van der Waals surface area contributed by atoms with Crippen molar-refractivity contribution in [2.45, 2.75) is 5.75 Å². The van der Waals surface area contributed by atoms with Gasteiger partial charge in [0.25, 0.3) is 5.91 Å². The minimum atomic E-state index is -3.89. The number of rotatable bonds is 2. The number of hydrogen-bond acceptors (Lipinski definition) is 4. The van der Waals surface area contributed by atoms with Crippen LogP contribution >= 0.6 is 0 Å². The standard InChI is InChI=1S/C16H13NO4S/c18-14-13-9-5-4-6-11(13)10-22(20,21)15(14)16(19)17-12-7-2-1-3-8-12/h1-9,18H,10H2,(H,17,19). The van der Waals surface area contributed by atoms with Crippen LogP contribution in [0.2, 0.25) is 0 Å². The highest BCUT2D eigenvalue weighted by atomic mass is 32.2. The lowest BCUT2D eigenvalue weighted by atomic mass is 10.1. The third-order valence-corrected chi connectivity index (χ3v) is 5.07. The molecule has 1 heterocycles. The van der Waals surface area contributed by atoms with E-state index in [1.54, 1.807) is 54.6 Å². The van der Waals surface area contributed by atoms with Crippen molar-refractivity contribution < 1.29 is 18.3 Å². The van der Waals surface area contributed by atoms with E-state index in [1.807, 2.05) is 0 Å². The van der Waals surface area contributed by atoms with E-state index in [-0.39, 0.29) is 5.75 Å². The Morgan fingerprint density at radius 2 is 1.64 bits per heavy atom. The molecule has 0 atom stereocenters. The van der Waals surface area contributed by atoms with Gasteiger partial charge in [-0.2, -0.15) is 0 Å². The van der Waals surface area contributed by atoms with Gasteiger partial charge in [0, 0.05) is 11.3 Å². The smallest absolute Gasteiger partial charge is 0.271 e. The summed E-state index contributed by atoms with van der Waals surface area (Å²) in [5.74, 6) is -1.64. The summed E-state index contributed by atoms with van der Waals surface area (Å²) in [4.78, 5) is 11.7. The molecule has 1 aliphatic heterocycles. The normalized spacial score (nSPS) is 16.0. The van der Waals surface area contributed by atoms with Crippen LogP contribution in [0.25, 0.3) is 5.76 Å². The molecule has 112 valence electrons. The molecule has 22 heavy (non-hydrogen) atoms. The van der Waals surface area contributed by atoms with Crippen molar-refractivity contribution in [2.75, 3.05) is 5.32 Å². The van der Waals surface area contributed by atoms with Gasteiger partial charge in [-0.15, -0.1) is 0 Å². The fourth-order valence-electron chi connectivity index (χ4n) is 2.38. The average Bonchev–Trinajstić information content (AvgIpc) is 2.47. The van der Waals surface area contributed by atoms with Gasteiger partial charge in [0.15, 0.2) is 14.7 Å². The second-order valence-electron chi connectivity index (χ2n) is 4.91. The number of fused-ring (bicyclic) bond motifs is 1. The first-order chi connectivity index (χ1) is 10.5. The Balaban J connectivity index is 2.06. The van der Waals surface area contributed by atoms with E-state index in [9.17, 15) is 18.3 Å². The van der Waals surface area contributed by atoms with Crippen LogP contribution in [0, 0.1) is 0 Å². The van der Waals surface area contributed by atoms with Gasteiger partial charge < -0.3 is 10.4 Å². The highest BCUT2D eigenvalue weighted by molar-refractivity contribution is 7.95. The molecule has 0 aliphatic carbocycles. The summed E-state index contributed by atoms with van der Waals surface area (Å²) in [5, 5.41) is 12.7. The molecule has 5 nitrogen and oxygen atoms in total. The van der Waals surface area contributed by atoms with Crippen LogP contribution in [-0.2, 0) is 20.4 Å².